The Balaban J connectivity index is 1.58. The molecule has 1 aliphatic carbocycles. The standard InChI is InChI=1S/C20H33N5O2/c1-12(2)10-13(3)21-19(26)17(11-16-6-7-16)22-14(4)18-8-9-25(18)20-24-23-15(5)27-20/h12-13,16-18,22H,4,6-11H2,1-3,5H3,(H,21,26). The molecular weight excluding hydrogens is 342 g/mol. The van der Waals surface area contributed by atoms with E-state index in [4.69, 9.17) is 4.42 Å². The summed E-state index contributed by atoms with van der Waals surface area (Å²) < 4.78 is 5.54. The van der Waals surface area contributed by atoms with Crippen LogP contribution in [0, 0.1) is 18.8 Å². The molecule has 1 amide bonds. The summed E-state index contributed by atoms with van der Waals surface area (Å²) in [5.41, 5.74) is 0.856. The lowest BCUT2D eigenvalue weighted by molar-refractivity contribution is -0.124. The SMILES string of the molecule is C=C(NC(CC1CC1)C(=O)NC(C)CC(C)C)C1CCN1c1nnc(C)o1. The zero-order valence-corrected chi connectivity index (χ0v) is 17.0. The van der Waals surface area contributed by atoms with Crippen LogP contribution in [-0.2, 0) is 4.79 Å². The van der Waals surface area contributed by atoms with E-state index in [0.717, 1.165) is 31.5 Å². The fourth-order valence-corrected chi connectivity index (χ4v) is 3.73. The molecule has 3 rings (SSSR count). The molecule has 7 nitrogen and oxygen atoms in total. The fourth-order valence-electron chi connectivity index (χ4n) is 3.73. The third-order valence-electron chi connectivity index (χ3n) is 5.34. The Morgan fingerprint density at radius 3 is 2.52 bits per heavy atom. The van der Waals surface area contributed by atoms with Crippen LogP contribution >= 0.6 is 0 Å². The average Bonchev–Trinajstić information content (AvgIpc) is 3.25. The normalized spacial score (nSPS) is 21.5. The van der Waals surface area contributed by atoms with Crippen LogP contribution in [0.25, 0.3) is 0 Å². The second kappa shape index (κ2) is 8.31. The van der Waals surface area contributed by atoms with Gasteiger partial charge in [0.05, 0.1) is 6.04 Å². The van der Waals surface area contributed by atoms with Gasteiger partial charge in [-0.1, -0.05) is 38.4 Å². The molecule has 3 atom stereocenters. The number of hydrogen-bond acceptors (Lipinski definition) is 6. The van der Waals surface area contributed by atoms with Crippen molar-refractivity contribution in [1.82, 2.24) is 20.8 Å². The Morgan fingerprint density at radius 2 is 2.00 bits per heavy atom. The molecule has 150 valence electrons. The van der Waals surface area contributed by atoms with Gasteiger partial charge in [-0.15, -0.1) is 5.10 Å². The van der Waals surface area contributed by atoms with E-state index in [9.17, 15) is 4.79 Å². The van der Waals surface area contributed by atoms with Gasteiger partial charge >= 0.3 is 6.01 Å². The number of aromatic nitrogens is 2. The number of carbonyl (C=O) groups is 1. The van der Waals surface area contributed by atoms with Crippen molar-refractivity contribution in [3.8, 4) is 0 Å². The molecule has 2 aliphatic rings. The van der Waals surface area contributed by atoms with Crippen molar-refractivity contribution in [3.05, 3.63) is 18.2 Å². The van der Waals surface area contributed by atoms with E-state index in [1.54, 1.807) is 6.92 Å². The van der Waals surface area contributed by atoms with Gasteiger partial charge in [0.15, 0.2) is 0 Å². The summed E-state index contributed by atoms with van der Waals surface area (Å²) in [5, 5.41) is 14.6. The molecule has 0 radical (unpaired) electrons. The third kappa shape index (κ3) is 5.23. The van der Waals surface area contributed by atoms with Gasteiger partial charge in [0.25, 0.3) is 0 Å². The first-order valence-corrected chi connectivity index (χ1v) is 10.2. The average molecular weight is 376 g/mol. The quantitative estimate of drug-likeness (QED) is 0.654. The first-order chi connectivity index (χ1) is 12.8. The monoisotopic (exact) mass is 375 g/mol. The maximum Gasteiger partial charge on any atom is 0.318 e. The van der Waals surface area contributed by atoms with Crippen molar-refractivity contribution in [2.45, 2.75) is 77.9 Å². The molecule has 1 aromatic heterocycles. The van der Waals surface area contributed by atoms with Crippen molar-refractivity contribution in [3.63, 3.8) is 0 Å². The number of carbonyl (C=O) groups excluding carboxylic acids is 1. The van der Waals surface area contributed by atoms with Gasteiger partial charge in [-0.2, -0.15) is 0 Å². The van der Waals surface area contributed by atoms with Crippen molar-refractivity contribution in [2.75, 3.05) is 11.4 Å². The molecule has 2 N–H and O–H groups in total. The number of nitrogens with one attached hydrogen (secondary N) is 2. The molecule has 2 fully saturated rings. The van der Waals surface area contributed by atoms with Crippen molar-refractivity contribution >= 4 is 11.9 Å². The Hall–Kier alpha value is -2.05. The van der Waals surface area contributed by atoms with Gasteiger partial charge in [-0.3, -0.25) is 4.79 Å². The summed E-state index contributed by atoms with van der Waals surface area (Å²) in [6.45, 7) is 13.3. The summed E-state index contributed by atoms with van der Waals surface area (Å²) in [6.07, 6.45) is 5.25. The molecule has 0 spiro atoms. The Morgan fingerprint density at radius 1 is 1.26 bits per heavy atom. The lowest BCUT2D eigenvalue weighted by atomic mass is 9.99. The van der Waals surface area contributed by atoms with Crippen LogP contribution in [-0.4, -0.2) is 40.8 Å². The number of aryl methyl sites for hydroxylation is 1. The number of rotatable bonds is 10. The molecule has 7 heteroatoms. The lowest BCUT2D eigenvalue weighted by Crippen LogP contribution is -2.55. The van der Waals surface area contributed by atoms with Crippen LogP contribution in [0.15, 0.2) is 16.7 Å². The van der Waals surface area contributed by atoms with Gasteiger partial charge in [-0.05, 0) is 38.0 Å². The highest BCUT2D eigenvalue weighted by Crippen LogP contribution is 2.34. The highest BCUT2D eigenvalue weighted by molar-refractivity contribution is 5.82. The maximum absolute atomic E-state index is 12.8. The summed E-state index contributed by atoms with van der Waals surface area (Å²) in [7, 11) is 0. The van der Waals surface area contributed by atoms with E-state index in [0.29, 0.717) is 23.7 Å². The Bertz CT molecular complexity index is 667. The van der Waals surface area contributed by atoms with Gasteiger partial charge in [0, 0.05) is 25.2 Å². The summed E-state index contributed by atoms with van der Waals surface area (Å²) in [5.74, 6) is 1.85. The second-order valence-electron chi connectivity index (χ2n) is 8.54. The highest BCUT2D eigenvalue weighted by Gasteiger charge is 2.36. The van der Waals surface area contributed by atoms with Gasteiger partial charge in [-0.25, -0.2) is 0 Å². The van der Waals surface area contributed by atoms with E-state index < -0.39 is 0 Å². The lowest BCUT2D eigenvalue weighted by Gasteiger charge is -2.41. The molecule has 1 saturated heterocycles. The minimum atomic E-state index is -0.230. The predicted octanol–water partition coefficient (Wildman–Crippen LogP) is 2.78. The van der Waals surface area contributed by atoms with Crippen LogP contribution in [0.3, 0.4) is 0 Å². The number of nitrogens with zero attached hydrogens (tertiary/aromatic N) is 3. The van der Waals surface area contributed by atoms with Crippen LogP contribution in [0.2, 0.25) is 0 Å². The van der Waals surface area contributed by atoms with Gasteiger partial charge in [0.1, 0.15) is 6.04 Å². The van der Waals surface area contributed by atoms with Crippen molar-refractivity contribution in [1.29, 1.82) is 0 Å². The van der Waals surface area contributed by atoms with Crippen LogP contribution in [0.5, 0.6) is 0 Å². The first kappa shape index (κ1) is 19.7. The molecule has 3 unspecified atom stereocenters. The number of anilines is 1. The molecule has 1 aromatic rings. The van der Waals surface area contributed by atoms with E-state index in [1.807, 2.05) is 4.90 Å². The van der Waals surface area contributed by atoms with E-state index in [1.165, 1.54) is 12.8 Å². The minimum absolute atomic E-state index is 0.0794. The zero-order valence-electron chi connectivity index (χ0n) is 17.0. The molecule has 0 bridgehead atoms. The van der Waals surface area contributed by atoms with Crippen molar-refractivity contribution in [2.24, 2.45) is 11.8 Å². The highest BCUT2D eigenvalue weighted by atomic mass is 16.4. The zero-order chi connectivity index (χ0) is 19.6. The predicted molar refractivity (Wildman–Crippen MR) is 105 cm³/mol. The molecule has 27 heavy (non-hydrogen) atoms. The van der Waals surface area contributed by atoms with Gasteiger partial charge in [0.2, 0.25) is 11.8 Å². The van der Waals surface area contributed by atoms with Crippen LogP contribution in [0.4, 0.5) is 6.01 Å². The molecule has 1 saturated carbocycles. The molecular formula is C20H33N5O2. The van der Waals surface area contributed by atoms with E-state index >= 15 is 0 Å². The maximum atomic E-state index is 12.8. The van der Waals surface area contributed by atoms with E-state index in [-0.39, 0.29) is 24.0 Å². The van der Waals surface area contributed by atoms with E-state index in [2.05, 4.69) is 48.2 Å². The number of hydrogen-bond donors (Lipinski definition) is 2. The largest absolute Gasteiger partial charge is 0.408 e. The smallest absolute Gasteiger partial charge is 0.318 e. The molecule has 1 aliphatic heterocycles. The van der Waals surface area contributed by atoms with Crippen LogP contribution < -0.4 is 15.5 Å². The summed E-state index contributed by atoms with van der Waals surface area (Å²) in [4.78, 5) is 14.9. The second-order valence-corrected chi connectivity index (χ2v) is 8.54. The van der Waals surface area contributed by atoms with Gasteiger partial charge < -0.3 is 20.0 Å². The summed E-state index contributed by atoms with van der Waals surface area (Å²) in [6, 6.07) is 0.565. The third-order valence-corrected chi connectivity index (χ3v) is 5.34. The van der Waals surface area contributed by atoms with Crippen molar-refractivity contribution < 1.29 is 9.21 Å². The number of amides is 1. The summed E-state index contributed by atoms with van der Waals surface area (Å²) >= 11 is 0. The first-order valence-electron chi connectivity index (χ1n) is 10.2. The fraction of sp³-hybridized carbons (Fsp3) is 0.750. The molecule has 2 heterocycles. The molecule has 0 aromatic carbocycles. The minimum Gasteiger partial charge on any atom is -0.408 e. The Kier molecular flexibility index (Phi) is 6.07. The Labute approximate surface area is 162 Å². The van der Waals surface area contributed by atoms with Crippen LogP contribution in [0.1, 0.15) is 58.8 Å². The topological polar surface area (TPSA) is 83.3 Å².